The molecule has 0 aromatic carbocycles. The molecule has 0 saturated carbocycles. The zero-order valence-electron chi connectivity index (χ0n) is 14.9. The molecule has 1 aromatic heterocycles. The van der Waals surface area contributed by atoms with Gasteiger partial charge in [-0.2, -0.15) is 0 Å². The van der Waals surface area contributed by atoms with Gasteiger partial charge in [0.2, 0.25) is 0 Å². The third-order valence-corrected chi connectivity index (χ3v) is 4.71. The molecule has 1 amide bonds. The third-order valence-electron chi connectivity index (χ3n) is 4.71. The van der Waals surface area contributed by atoms with Crippen LogP contribution in [0.1, 0.15) is 49.4 Å². The lowest BCUT2D eigenvalue weighted by Crippen LogP contribution is -2.46. The van der Waals surface area contributed by atoms with Gasteiger partial charge in [-0.1, -0.05) is 12.3 Å². The molecule has 1 aromatic rings. The summed E-state index contributed by atoms with van der Waals surface area (Å²) in [5.41, 5.74) is -1.11. The SMILES string of the molecule is CC(C)(O)C#Cc1ccc(C(=O)N2C[C@H](O)[C@@H](N3CCCCC3)C2)o1. The number of carbonyl (C=O) groups excluding carboxylic acids is 1. The number of piperidine rings is 1. The second kappa shape index (κ2) is 7.20. The van der Waals surface area contributed by atoms with Crippen LogP contribution < -0.4 is 0 Å². The largest absolute Gasteiger partial charge is 0.443 e. The third kappa shape index (κ3) is 4.43. The highest BCUT2D eigenvalue weighted by atomic mass is 16.4. The second-order valence-corrected chi connectivity index (χ2v) is 7.41. The number of rotatable bonds is 2. The molecule has 3 heterocycles. The molecule has 0 radical (unpaired) electrons. The molecule has 2 atom stereocenters. The van der Waals surface area contributed by atoms with E-state index in [2.05, 4.69) is 16.7 Å². The summed E-state index contributed by atoms with van der Waals surface area (Å²) >= 11 is 0. The molecule has 2 fully saturated rings. The average molecular weight is 346 g/mol. The Balaban J connectivity index is 1.65. The molecule has 2 aliphatic heterocycles. The van der Waals surface area contributed by atoms with Crippen molar-refractivity contribution < 1.29 is 19.4 Å². The zero-order chi connectivity index (χ0) is 18.0. The summed E-state index contributed by atoms with van der Waals surface area (Å²) in [4.78, 5) is 16.6. The smallest absolute Gasteiger partial charge is 0.289 e. The molecule has 2 N–H and O–H groups in total. The minimum absolute atomic E-state index is 0.00802. The number of likely N-dealkylation sites (tertiary alicyclic amines) is 2. The lowest BCUT2D eigenvalue weighted by molar-refractivity contribution is 0.0700. The minimum atomic E-state index is -1.11. The van der Waals surface area contributed by atoms with Crippen molar-refractivity contribution in [2.75, 3.05) is 26.2 Å². The summed E-state index contributed by atoms with van der Waals surface area (Å²) in [5, 5.41) is 20.0. The first-order valence-electron chi connectivity index (χ1n) is 8.90. The van der Waals surface area contributed by atoms with Gasteiger partial charge in [0.1, 0.15) is 5.60 Å². The van der Waals surface area contributed by atoms with Gasteiger partial charge < -0.3 is 19.5 Å². The van der Waals surface area contributed by atoms with E-state index < -0.39 is 11.7 Å². The fourth-order valence-corrected chi connectivity index (χ4v) is 3.43. The number of carbonyl (C=O) groups is 1. The average Bonchev–Trinajstić information content (AvgIpc) is 3.19. The molecule has 3 rings (SSSR count). The number of hydrogen-bond acceptors (Lipinski definition) is 5. The molecule has 2 saturated heterocycles. The van der Waals surface area contributed by atoms with Crippen molar-refractivity contribution in [1.29, 1.82) is 0 Å². The Morgan fingerprint density at radius 3 is 2.64 bits per heavy atom. The molecule has 0 aliphatic carbocycles. The quantitative estimate of drug-likeness (QED) is 0.784. The monoisotopic (exact) mass is 346 g/mol. The van der Waals surface area contributed by atoms with Crippen LogP contribution in [-0.4, -0.2) is 69.8 Å². The van der Waals surface area contributed by atoms with Crippen LogP contribution in [0.3, 0.4) is 0 Å². The van der Waals surface area contributed by atoms with Gasteiger partial charge in [0.25, 0.3) is 5.91 Å². The Hall–Kier alpha value is -1.81. The fraction of sp³-hybridized carbons (Fsp3) is 0.632. The van der Waals surface area contributed by atoms with Gasteiger partial charge in [-0.15, -0.1) is 0 Å². The summed E-state index contributed by atoms with van der Waals surface area (Å²) in [7, 11) is 0. The van der Waals surface area contributed by atoms with E-state index in [1.54, 1.807) is 30.9 Å². The van der Waals surface area contributed by atoms with Gasteiger partial charge in [-0.3, -0.25) is 9.69 Å². The summed E-state index contributed by atoms with van der Waals surface area (Å²) in [6.45, 7) is 5.99. The maximum atomic E-state index is 12.6. The number of hydrogen-bond donors (Lipinski definition) is 2. The molecular formula is C19H26N2O4. The van der Waals surface area contributed by atoms with Gasteiger partial charge in [0.05, 0.1) is 12.1 Å². The van der Waals surface area contributed by atoms with Crippen molar-refractivity contribution in [2.24, 2.45) is 0 Å². The summed E-state index contributed by atoms with van der Waals surface area (Å²) in [6, 6.07) is 3.23. The molecule has 0 spiro atoms. The van der Waals surface area contributed by atoms with Gasteiger partial charge in [0.15, 0.2) is 11.5 Å². The van der Waals surface area contributed by atoms with E-state index in [0.29, 0.717) is 18.8 Å². The first-order valence-corrected chi connectivity index (χ1v) is 8.90. The molecule has 6 heteroatoms. The van der Waals surface area contributed by atoms with Crippen LogP contribution >= 0.6 is 0 Å². The number of β-amino-alcohol motifs (C(OH)–C–C–N with tert-alkyl or cyclic N) is 1. The highest BCUT2D eigenvalue weighted by Crippen LogP contribution is 2.22. The predicted octanol–water partition coefficient (Wildman–Crippen LogP) is 1.07. The predicted molar refractivity (Wildman–Crippen MR) is 93.0 cm³/mol. The van der Waals surface area contributed by atoms with Gasteiger partial charge in [-0.05, 0) is 57.8 Å². The Kier molecular flexibility index (Phi) is 5.19. The van der Waals surface area contributed by atoms with Crippen molar-refractivity contribution >= 4 is 5.91 Å². The van der Waals surface area contributed by atoms with Crippen LogP contribution in [0.2, 0.25) is 0 Å². The van der Waals surface area contributed by atoms with E-state index in [0.717, 1.165) is 25.9 Å². The zero-order valence-corrected chi connectivity index (χ0v) is 14.9. The molecule has 25 heavy (non-hydrogen) atoms. The Bertz CT molecular complexity index is 674. The van der Waals surface area contributed by atoms with E-state index >= 15 is 0 Å². The fourth-order valence-electron chi connectivity index (χ4n) is 3.43. The van der Waals surface area contributed by atoms with E-state index in [1.807, 2.05) is 0 Å². The first-order chi connectivity index (χ1) is 11.8. The Morgan fingerprint density at radius 1 is 1.24 bits per heavy atom. The van der Waals surface area contributed by atoms with E-state index in [4.69, 9.17) is 4.42 Å². The maximum Gasteiger partial charge on any atom is 0.289 e. The minimum Gasteiger partial charge on any atom is -0.443 e. The number of furan rings is 1. The van der Waals surface area contributed by atoms with Crippen molar-refractivity contribution in [1.82, 2.24) is 9.80 Å². The summed E-state index contributed by atoms with van der Waals surface area (Å²) < 4.78 is 5.50. The molecule has 2 aliphatic rings. The maximum absolute atomic E-state index is 12.6. The van der Waals surface area contributed by atoms with E-state index in [1.165, 1.54) is 6.42 Å². The normalized spacial score (nSPS) is 24.9. The van der Waals surface area contributed by atoms with Crippen molar-refractivity contribution in [3.05, 3.63) is 23.7 Å². The lowest BCUT2D eigenvalue weighted by atomic mass is 10.1. The Labute approximate surface area is 148 Å². The van der Waals surface area contributed by atoms with Crippen LogP contribution in [0, 0.1) is 11.8 Å². The standard InChI is InChI=1S/C19H26N2O4/c1-19(2,24)9-8-14-6-7-17(25-14)18(23)21-12-15(16(22)13-21)20-10-4-3-5-11-20/h6-7,15-16,22,24H,3-5,10-13H2,1-2H3/t15-,16-/m0/s1. The molecular weight excluding hydrogens is 320 g/mol. The van der Waals surface area contributed by atoms with Gasteiger partial charge >= 0.3 is 0 Å². The van der Waals surface area contributed by atoms with E-state index in [9.17, 15) is 15.0 Å². The topological polar surface area (TPSA) is 77.1 Å². The van der Waals surface area contributed by atoms with E-state index in [-0.39, 0.29) is 17.7 Å². The number of aliphatic hydroxyl groups is 2. The molecule has 136 valence electrons. The van der Waals surface area contributed by atoms with Crippen LogP contribution in [0.25, 0.3) is 0 Å². The molecule has 6 nitrogen and oxygen atoms in total. The van der Waals surface area contributed by atoms with Crippen LogP contribution in [0.4, 0.5) is 0 Å². The first kappa shape index (κ1) is 18.0. The summed E-state index contributed by atoms with van der Waals surface area (Å²) in [6.07, 6.45) is 3.02. The summed E-state index contributed by atoms with van der Waals surface area (Å²) in [5.74, 6) is 5.71. The highest BCUT2D eigenvalue weighted by Gasteiger charge is 2.38. The highest BCUT2D eigenvalue weighted by molar-refractivity contribution is 5.92. The van der Waals surface area contributed by atoms with Crippen LogP contribution in [0.15, 0.2) is 16.5 Å². The second-order valence-electron chi connectivity index (χ2n) is 7.41. The van der Waals surface area contributed by atoms with Crippen LogP contribution in [-0.2, 0) is 0 Å². The lowest BCUT2D eigenvalue weighted by Gasteiger charge is -2.33. The molecule has 0 bridgehead atoms. The van der Waals surface area contributed by atoms with Gasteiger partial charge in [0, 0.05) is 13.1 Å². The number of aliphatic hydroxyl groups excluding tert-OH is 1. The van der Waals surface area contributed by atoms with Crippen LogP contribution in [0.5, 0.6) is 0 Å². The molecule has 0 unspecified atom stereocenters. The Morgan fingerprint density at radius 2 is 1.96 bits per heavy atom. The van der Waals surface area contributed by atoms with Crippen molar-refractivity contribution in [2.45, 2.75) is 50.9 Å². The van der Waals surface area contributed by atoms with Crippen molar-refractivity contribution in [3.8, 4) is 11.8 Å². The number of nitrogens with zero attached hydrogens (tertiary/aromatic N) is 2. The number of amides is 1. The van der Waals surface area contributed by atoms with Crippen molar-refractivity contribution in [3.63, 3.8) is 0 Å². The van der Waals surface area contributed by atoms with Gasteiger partial charge in [-0.25, -0.2) is 0 Å².